The highest BCUT2D eigenvalue weighted by atomic mass is 16.1. The Kier molecular flexibility index (Phi) is 5.77. The van der Waals surface area contributed by atoms with Crippen LogP contribution in [0.3, 0.4) is 0 Å². The van der Waals surface area contributed by atoms with E-state index in [-0.39, 0.29) is 5.54 Å². The first-order valence-corrected chi connectivity index (χ1v) is 4.89. The summed E-state index contributed by atoms with van der Waals surface area (Å²) < 4.78 is 0. The second-order valence-electron chi connectivity index (χ2n) is 3.36. The predicted octanol–water partition coefficient (Wildman–Crippen LogP) is 2.39. The summed E-state index contributed by atoms with van der Waals surface area (Å²) in [4.78, 5) is 10.3. The smallest absolute Gasteiger partial charge is 0.309 e. The molecule has 71 valence electrons. The monoisotopic (exact) mass is 170 g/mol. The molecule has 0 saturated heterocycles. The van der Waals surface area contributed by atoms with Crippen LogP contribution in [-0.4, -0.2) is 11.9 Å². The molecule has 0 unspecified atom stereocenters. The molecule has 0 aromatic rings. The number of hydrogen-bond acceptors (Lipinski definition) is 1. The van der Waals surface area contributed by atoms with Crippen molar-refractivity contribution in [1.29, 1.82) is 0 Å². The summed E-state index contributed by atoms with van der Waals surface area (Å²) in [7, 11) is 0. The van der Waals surface area contributed by atoms with Crippen molar-refractivity contribution in [2.45, 2.75) is 58.4 Å². The van der Waals surface area contributed by atoms with E-state index in [4.69, 9.17) is 0 Å². The number of carbonyl (C=O) groups excluding carboxylic acids is 1. The molecule has 0 aromatic heterocycles. The van der Waals surface area contributed by atoms with Gasteiger partial charge < -0.3 is 5.32 Å². The summed E-state index contributed by atoms with van der Waals surface area (Å²) in [5.41, 5.74) is 0.0191. The highest BCUT2D eigenvalue weighted by Gasteiger charge is 2.24. The summed E-state index contributed by atoms with van der Waals surface area (Å²) in [6.07, 6.45) is 7.18. The van der Waals surface area contributed by atoms with E-state index in [0.717, 1.165) is 32.1 Å². The summed E-state index contributed by atoms with van der Waals surface area (Å²) in [6, 6.07) is 0. The Morgan fingerprint density at radius 1 is 1.17 bits per heavy atom. The zero-order valence-corrected chi connectivity index (χ0v) is 8.44. The van der Waals surface area contributed by atoms with Crippen LogP contribution < -0.4 is 5.32 Å². The standard InChI is InChI=1S/C10H20NO/c1-4-7-10(6-3,8-5-2)11-9-12/h4-8H2,1-3H3,(H,11,12). The highest BCUT2D eigenvalue weighted by molar-refractivity contribution is 5.48. The van der Waals surface area contributed by atoms with Crippen molar-refractivity contribution in [3.63, 3.8) is 0 Å². The maximum absolute atomic E-state index is 10.3. The lowest BCUT2D eigenvalue weighted by molar-refractivity contribution is 0.302. The molecular formula is C10H20NO. The normalized spacial score (nSPS) is 11.2. The van der Waals surface area contributed by atoms with Crippen molar-refractivity contribution in [3.8, 4) is 0 Å². The molecule has 0 fully saturated rings. The maximum atomic E-state index is 10.3. The van der Waals surface area contributed by atoms with Gasteiger partial charge in [-0.05, 0) is 19.3 Å². The fraction of sp³-hybridized carbons (Fsp3) is 0.900. The van der Waals surface area contributed by atoms with E-state index in [1.54, 1.807) is 0 Å². The first kappa shape index (κ1) is 11.5. The van der Waals surface area contributed by atoms with E-state index in [1.807, 2.05) is 6.41 Å². The summed E-state index contributed by atoms with van der Waals surface area (Å²) in [5.74, 6) is 0. The molecule has 1 radical (unpaired) electrons. The average Bonchev–Trinajstić information content (AvgIpc) is 2.06. The lowest BCUT2D eigenvalue weighted by Gasteiger charge is -2.31. The van der Waals surface area contributed by atoms with Gasteiger partial charge in [-0.1, -0.05) is 33.6 Å². The Morgan fingerprint density at radius 3 is 1.92 bits per heavy atom. The fourth-order valence-electron chi connectivity index (χ4n) is 1.76. The number of rotatable bonds is 7. The van der Waals surface area contributed by atoms with Crippen molar-refractivity contribution in [2.24, 2.45) is 0 Å². The van der Waals surface area contributed by atoms with Crippen molar-refractivity contribution in [3.05, 3.63) is 0 Å². The minimum absolute atomic E-state index is 0.0191. The molecule has 12 heavy (non-hydrogen) atoms. The van der Waals surface area contributed by atoms with Gasteiger partial charge in [0, 0.05) is 5.54 Å². The van der Waals surface area contributed by atoms with Crippen LogP contribution in [0.25, 0.3) is 0 Å². The molecule has 0 spiro atoms. The third-order valence-corrected chi connectivity index (χ3v) is 2.45. The number of nitrogens with one attached hydrogen (secondary N) is 1. The molecule has 0 aliphatic heterocycles. The second kappa shape index (κ2) is 6.04. The fourth-order valence-corrected chi connectivity index (χ4v) is 1.76. The summed E-state index contributed by atoms with van der Waals surface area (Å²) in [5, 5.41) is 2.84. The summed E-state index contributed by atoms with van der Waals surface area (Å²) >= 11 is 0. The molecule has 1 N–H and O–H groups in total. The molecule has 0 aromatic carbocycles. The SMILES string of the molecule is CCCC(CC)(CCC)N[C]=O. The van der Waals surface area contributed by atoms with E-state index < -0.39 is 0 Å². The van der Waals surface area contributed by atoms with Gasteiger partial charge in [0.15, 0.2) is 0 Å². The third-order valence-electron chi connectivity index (χ3n) is 2.45. The van der Waals surface area contributed by atoms with Crippen molar-refractivity contribution in [2.75, 3.05) is 0 Å². The molecule has 0 atom stereocenters. The Labute approximate surface area is 75.7 Å². The predicted molar refractivity (Wildman–Crippen MR) is 51.7 cm³/mol. The Morgan fingerprint density at radius 2 is 1.67 bits per heavy atom. The van der Waals surface area contributed by atoms with Crippen LogP contribution in [0.15, 0.2) is 0 Å². The van der Waals surface area contributed by atoms with Gasteiger partial charge in [-0.15, -0.1) is 0 Å². The van der Waals surface area contributed by atoms with Gasteiger partial charge in [0.05, 0.1) is 0 Å². The van der Waals surface area contributed by atoms with Crippen molar-refractivity contribution in [1.82, 2.24) is 5.32 Å². The lowest BCUT2D eigenvalue weighted by atomic mass is 9.86. The molecular weight excluding hydrogens is 150 g/mol. The lowest BCUT2D eigenvalue weighted by Crippen LogP contribution is -2.43. The van der Waals surface area contributed by atoms with E-state index >= 15 is 0 Å². The van der Waals surface area contributed by atoms with Crippen LogP contribution in [0.5, 0.6) is 0 Å². The van der Waals surface area contributed by atoms with Crippen LogP contribution in [0, 0.1) is 0 Å². The van der Waals surface area contributed by atoms with Crippen LogP contribution >= 0.6 is 0 Å². The zero-order chi connectivity index (χ0) is 9.45. The van der Waals surface area contributed by atoms with Gasteiger partial charge in [-0.2, -0.15) is 0 Å². The van der Waals surface area contributed by atoms with Gasteiger partial charge in [0.2, 0.25) is 0 Å². The third kappa shape index (κ3) is 3.24. The van der Waals surface area contributed by atoms with E-state index in [9.17, 15) is 4.79 Å². The summed E-state index contributed by atoms with van der Waals surface area (Å²) in [6.45, 7) is 6.41. The van der Waals surface area contributed by atoms with Gasteiger partial charge in [-0.3, -0.25) is 4.79 Å². The first-order valence-electron chi connectivity index (χ1n) is 4.89. The molecule has 2 nitrogen and oxygen atoms in total. The minimum Gasteiger partial charge on any atom is -0.342 e. The molecule has 0 rings (SSSR count). The van der Waals surface area contributed by atoms with Crippen molar-refractivity contribution >= 4 is 6.41 Å². The van der Waals surface area contributed by atoms with Crippen LogP contribution in [-0.2, 0) is 4.79 Å². The van der Waals surface area contributed by atoms with Gasteiger partial charge in [0.25, 0.3) is 0 Å². The Balaban J connectivity index is 4.15. The first-order chi connectivity index (χ1) is 5.74. The van der Waals surface area contributed by atoms with E-state index in [2.05, 4.69) is 26.1 Å². The Hall–Kier alpha value is -0.530. The van der Waals surface area contributed by atoms with Gasteiger partial charge in [0.1, 0.15) is 0 Å². The molecule has 0 aliphatic rings. The van der Waals surface area contributed by atoms with E-state index in [0.29, 0.717) is 0 Å². The topological polar surface area (TPSA) is 29.1 Å². The molecule has 0 aliphatic carbocycles. The minimum atomic E-state index is 0.0191. The quantitative estimate of drug-likeness (QED) is 0.584. The highest BCUT2D eigenvalue weighted by Crippen LogP contribution is 2.22. The number of amides is 1. The number of hydrogen-bond donors (Lipinski definition) is 1. The Bertz CT molecular complexity index is 117. The maximum Gasteiger partial charge on any atom is 0.309 e. The van der Waals surface area contributed by atoms with Gasteiger partial charge in [-0.25, -0.2) is 0 Å². The molecule has 2 heteroatoms. The average molecular weight is 170 g/mol. The second-order valence-corrected chi connectivity index (χ2v) is 3.36. The van der Waals surface area contributed by atoms with Gasteiger partial charge >= 0.3 is 6.41 Å². The van der Waals surface area contributed by atoms with Crippen molar-refractivity contribution < 1.29 is 4.79 Å². The molecule has 0 bridgehead atoms. The zero-order valence-electron chi connectivity index (χ0n) is 8.44. The van der Waals surface area contributed by atoms with Crippen LogP contribution in [0.4, 0.5) is 0 Å². The molecule has 0 saturated carbocycles. The molecule has 1 amide bonds. The van der Waals surface area contributed by atoms with E-state index in [1.165, 1.54) is 0 Å². The van der Waals surface area contributed by atoms with Crippen LogP contribution in [0.2, 0.25) is 0 Å². The molecule has 0 heterocycles. The van der Waals surface area contributed by atoms with Crippen LogP contribution in [0.1, 0.15) is 52.9 Å². The largest absolute Gasteiger partial charge is 0.342 e.